The lowest BCUT2D eigenvalue weighted by Crippen LogP contribution is -2.41. The molecule has 2 rings (SSSR count). The zero-order chi connectivity index (χ0) is 15.5. The summed E-state index contributed by atoms with van der Waals surface area (Å²) in [5, 5.41) is 3.19. The minimum absolute atomic E-state index is 0.134. The summed E-state index contributed by atoms with van der Waals surface area (Å²) >= 11 is 5.81. The van der Waals surface area contributed by atoms with Gasteiger partial charge >= 0.3 is 0 Å². The summed E-state index contributed by atoms with van der Waals surface area (Å²) in [6.07, 6.45) is 0.308. The predicted octanol–water partition coefficient (Wildman–Crippen LogP) is 0.981. The van der Waals surface area contributed by atoms with Crippen LogP contribution in [0.2, 0.25) is 5.02 Å². The van der Waals surface area contributed by atoms with Crippen LogP contribution in [0.25, 0.3) is 0 Å². The van der Waals surface area contributed by atoms with Crippen LogP contribution >= 0.6 is 11.6 Å². The van der Waals surface area contributed by atoms with E-state index in [1.54, 1.807) is 18.2 Å². The molecule has 116 valence electrons. The van der Waals surface area contributed by atoms with Gasteiger partial charge in [-0.2, -0.15) is 0 Å². The van der Waals surface area contributed by atoms with Crippen molar-refractivity contribution in [3.8, 4) is 0 Å². The molecule has 3 N–H and O–H groups in total. The number of carbonyl (C=O) groups is 1. The molecule has 0 spiro atoms. The topological polar surface area (TPSA) is 92.5 Å². The summed E-state index contributed by atoms with van der Waals surface area (Å²) in [4.78, 5) is 13.8. The standard InChI is InChI=1S/C13H18ClN3O3S/c14-11-2-1-10(9-12(11)15)16-13(18)3-4-17-5-7-21(19,20)8-6-17/h1-2,9H,3-8,15H2,(H,16,18). The highest BCUT2D eigenvalue weighted by molar-refractivity contribution is 7.91. The Morgan fingerprint density at radius 2 is 2.00 bits per heavy atom. The Balaban J connectivity index is 1.78. The van der Waals surface area contributed by atoms with Crippen LogP contribution in [0, 0.1) is 0 Å². The molecule has 6 nitrogen and oxygen atoms in total. The van der Waals surface area contributed by atoms with Gasteiger partial charge in [-0.1, -0.05) is 11.6 Å². The fourth-order valence-corrected chi connectivity index (χ4v) is 3.47. The fourth-order valence-electron chi connectivity index (χ4n) is 2.08. The largest absolute Gasteiger partial charge is 0.397 e. The number of rotatable bonds is 4. The number of nitrogen functional groups attached to an aromatic ring is 1. The zero-order valence-electron chi connectivity index (χ0n) is 11.5. The summed E-state index contributed by atoms with van der Waals surface area (Å²) in [5.41, 5.74) is 6.68. The van der Waals surface area contributed by atoms with Gasteiger partial charge in [-0.25, -0.2) is 8.42 Å². The number of halogens is 1. The van der Waals surface area contributed by atoms with Crippen LogP contribution in [0.4, 0.5) is 11.4 Å². The monoisotopic (exact) mass is 331 g/mol. The highest BCUT2D eigenvalue weighted by atomic mass is 35.5. The van der Waals surface area contributed by atoms with Gasteiger partial charge in [0.2, 0.25) is 5.91 Å². The summed E-state index contributed by atoms with van der Waals surface area (Å²) < 4.78 is 22.6. The molecule has 1 aliphatic heterocycles. The van der Waals surface area contributed by atoms with Crippen LogP contribution in [0.15, 0.2) is 18.2 Å². The maximum Gasteiger partial charge on any atom is 0.225 e. The third kappa shape index (κ3) is 4.87. The number of nitrogens with one attached hydrogen (secondary N) is 1. The number of carbonyl (C=O) groups excluding carboxylic acids is 1. The van der Waals surface area contributed by atoms with Crippen molar-refractivity contribution in [2.45, 2.75) is 6.42 Å². The minimum Gasteiger partial charge on any atom is -0.397 e. The Bertz CT molecular complexity index is 620. The van der Waals surface area contributed by atoms with Crippen molar-refractivity contribution in [2.75, 3.05) is 42.2 Å². The molecule has 0 saturated carbocycles. The van der Waals surface area contributed by atoms with Gasteiger partial charge in [0, 0.05) is 31.7 Å². The van der Waals surface area contributed by atoms with Crippen molar-refractivity contribution >= 4 is 38.7 Å². The minimum atomic E-state index is -2.88. The number of hydrogen-bond acceptors (Lipinski definition) is 5. The molecular formula is C13H18ClN3O3S. The quantitative estimate of drug-likeness (QED) is 0.802. The Morgan fingerprint density at radius 1 is 1.33 bits per heavy atom. The lowest BCUT2D eigenvalue weighted by molar-refractivity contribution is -0.116. The van der Waals surface area contributed by atoms with Crippen molar-refractivity contribution in [3.63, 3.8) is 0 Å². The van der Waals surface area contributed by atoms with Crippen LogP contribution in [0.1, 0.15) is 6.42 Å². The van der Waals surface area contributed by atoms with E-state index in [2.05, 4.69) is 5.32 Å². The molecule has 8 heteroatoms. The first-order chi connectivity index (χ1) is 9.85. The van der Waals surface area contributed by atoms with Crippen molar-refractivity contribution in [1.82, 2.24) is 4.90 Å². The lowest BCUT2D eigenvalue weighted by atomic mass is 10.2. The van der Waals surface area contributed by atoms with E-state index in [0.717, 1.165) is 0 Å². The average Bonchev–Trinajstić information content (AvgIpc) is 2.42. The Morgan fingerprint density at radius 3 is 2.62 bits per heavy atom. The van der Waals surface area contributed by atoms with Crippen LogP contribution in [0.3, 0.4) is 0 Å². The summed E-state index contributed by atoms with van der Waals surface area (Å²) in [5.74, 6) is 0.204. The Labute approximate surface area is 129 Å². The van der Waals surface area contributed by atoms with E-state index < -0.39 is 9.84 Å². The number of hydrogen-bond donors (Lipinski definition) is 2. The van der Waals surface area contributed by atoms with Gasteiger partial charge in [-0.15, -0.1) is 0 Å². The number of sulfone groups is 1. The van der Waals surface area contributed by atoms with Crippen LogP contribution in [0.5, 0.6) is 0 Å². The predicted molar refractivity (Wildman–Crippen MR) is 84.2 cm³/mol. The average molecular weight is 332 g/mol. The van der Waals surface area contributed by atoms with Gasteiger partial charge in [0.05, 0.1) is 22.2 Å². The fraction of sp³-hybridized carbons (Fsp3) is 0.462. The first kappa shape index (κ1) is 16.1. The van der Waals surface area contributed by atoms with Gasteiger partial charge in [-0.05, 0) is 18.2 Å². The maximum atomic E-state index is 11.8. The van der Waals surface area contributed by atoms with Gasteiger partial charge in [0.1, 0.15) is 0 Å². The van der Waals surface area contributed by atoms with Crippen molar-refractivity contribution in [1.29, 1.82) is 0 Å². The van der Waals surface area contributed by atoms with Gasteiger partial charge in [0.15, 0.2) is 9.84 Å². The van der Waals surface area contributed by atoms with Crippen molar-refractivity contribution in [3.05, 3.63) is 23.2 Å². The highest BCUT2D eigenvalue weighted by Gasteiger charge is 2.21. The Kier molecular flexibility index (Phi) is 5.08. The second-order valence-electron chi connectivity index (χ2n) is 5.03. The zero-order valence-corrected chi connectivity index (χ0v) is 13.1. The van der Waals surface area contributed by atoms with E-state index in [9.17, 15) is 13.2 Å². The smallest absolute Gasteiger partial charge is 0.225 e. The van der Waals surface area contributed by atoms with E-state index in [0.29, 0.717) is 42.5 Å². The molecule has 1 fully saturated rings. The molecule has 0 bridgehead atoms. The number of nitrogens with zero attached hydrogens (tertiary/aromatic N) is 1. The molecule has 0 aromatic heterocycles. The molecule has 1 heterocycles. The van der Waals surface area contributed by atoms with Crippen molar-refractivity contribution in [2.24, 2.45) is 0 Å². The van der Waals surface area contributed by atoms with Crippen molar-refractivity contribution < 1.29 is 13.2 Å². The highest BCUT2D eigenvalue weighted by Crippen LogP contribution is 2.22. The molecule has 1 aliphatic rings. The molecule has 1 amide bonds. The molecule has 1 aromatic carbocycles. The third-order valence-electron chi connectivity index (χ3n) is 3.37. The number of benzene rings is 1. The van der Waals surface area contributed by atoms with Gasteiger partial charge < -0.3 is 16.0 Å². The normalized spacial score (nSPS) is 18.3. The van der Waals surface area contributed by atoms with Crippen LogP contribution in [-0.2, 0) is 14.6 Å². The van der Waals surface area contributed by atoms with Gasteiger partial charge in [-0.3, -0.25) is 4.79 Å². The van der Waals surface area contributed by atoms with E-state index in [1.807, 2.05) is 4.90 Å². The lowest BCUT2D eigenvalue weighted by Gasteiger charge is -2.26. The van der Waals surface area contributed by atoms with E-state index >= 15 is 0 Å². The SMILES string of the molecule is Nc1cc(NC(=O)CCN2CCS(=O)(=O)CC2)ccc1Cl. The van der Waals surface area contributed by atoms with Crippen LogP contribution < -0.4 is 11.1 Å². The second kappa shape index (κ2) is 6.64. The number of nitrogens with two attached hydrogens (primary N) is 1. The number of amides is 1. The molecular weight excluding hydrogens is 314 g/mol. The molecule has 1 aromatic rings. The third-order valence-corrected chi connectivity index (χ3v) is 5.33. The second-order valence-corrected chi connectivity index (χ2v) is 7.74. The van der Waals surface area contributed by atoms with Gasteiger partial charge in [0.25, 0.3) is 0 Å². The molecule has 0 radical (unpaired) electrons. The summed E-state index contributed by atoms with van der Waals surface area (Å²) in [7, 11) is -2.88. The molecule has 21 heavy (non-hydrogen) atoms. The summed E-state index contributed by atoms with van der Waals surface area (Å²) in [6.45, 7) is 1.53. The molecule has 1 saturated heterocycles. The maximum absolute atomic E-state index is 11.8. The first-order valence-electron chi connectivity index (χ1n) is 6.63. The molecule has 0 atom stereocenters. The number of anilines is 2. The molecule has 0 aliphatic carbocycles. The summed E-state index contributed by atoms with van der Waals surface area (Å²) in [6, 6.07) is 4.92. The van der Waals surface area contributed by atoms with Crippen LogP contribution in [-0.4, -0.2) is 50.4 Å². The van der Waals surface area contributed by atoms with E-state index in [-0.39, 0.29) is 17.4 Å². The Hall–Kier alpha value is -1.31. The van der Waals surface area contributed by atoms with E-state index in [4.69, 9.17) is 17.3 Å². The first-order valence-corrected chi connectivity index (χ1v) is 8.83. The van der Waals surface area contributed by atoms with E-state index in [1.165, 1.54) is 0 Å². The molecule has 0 unspecified atom stereocenters.